The number of carbonyl (C=O) groups is 3. The third-order valence-electron chi connectivity index (χ3n) is 5.69. The summed E-state index contributed by atoms with van der Waals surface area (Å²) in [6, 6.07) is -1.63. The molecule has 1 rings (SSSR count). The van der Waals surface area contributed by atoms with E-state index in [1.54, 1.807) is 32.7 Å². The average Bonchev–Trinajstić information content (AvgIpc) is 2.73. The molecule has 0 saturated carbocycles. The fraction of sp³-hybridized carbons (Fsp3) is 0.864. The van der Waals surface area contributed by atoms with Crippen LogP contribution in [-0.2, 0) is 14.4 Å². The van der Waals surface area contributed by atoms with Gasteiger partial charge < -0.3 is 30.9 Å². The topological polar surface area (TPSA) is 119 Å². The van der Waals surface area contributed by atoms with Gasteiger partial charge in [-0.1, -0.05) is 6.92 Å². The van der Waals surface area contributed by atoms with Gasteiger partial charge in [0.15, 0.2) is 0 Å². The lowest BCUT2D eigenvalue weighted by molar-refractivity contribution is -0.147. The highest BCUT2D eigenvalue weighted by molar-refractivity contribution is 7.99. The van der Waals surface area contributed by atoms with Crippen LogP contribution in [0.1, 0.15) is 46.5 Å². The highest BCUT2D eigenvalue weighted by Gasteiger charge is 2.36. The van der Waals surface area contributed by atoms with Gasteiger partial charge >= 0.3 is 0 Å². The third kappa shape index (κ3) is 10.1. The van der Waals surface area contributed by atoms with E-state index < -0.39 is 23.6 Å². The first-order valence-electron chi connectivity index (χ1n) is 11.5. The molecular formula is C22H43N5O4S. The fourth-order valence-corrected chi connectivity index (χ4v) is 4.81. The zero-order valence-corrected chi connectivity index (χ0v) is 21.2. The van der Waals surface area contributed by atoms with Crippen LogP contribution in [0.5, 0.6) is 0 Å². The van der Waals surface area contributed by atoms with Crippen molar-refractivity contribution in [3.8, 4) is 0 Å². The molecule has 2 atom stereocenters. The monoisotopic (exact) mass is 473 g/mol. The van der Waals surface area contributed by atoms with Crippen molar-refractivity contribution < 1.29 is 19.5 Å². The van der Waals surface area contributed by atoms with Crippen LogP contribution in [0.25, 0.3) is 0 Å². The first-order chi connectivity index (χ1) is 15.0. The van der Waals surface area contributed by atoms with Crippen molar-refractivity contribution in [1.82, 2.24) is 20.0 Å². The second-order valence-electron chi connectivity index (χ2n) is 9.17. The molecule has 1 aliphatic rings. The van der Waals surface area contributed by atoms with Gasteiger partial charge in [0.1, 0.15) is 12.1 Å². The molecule has 10 heteroatoms. The number of nitrogens with one attached hydrogen (secondary N) is 1. The lowest BCUT2D eigenvalue weighted by atomic mass is 9.97. The van der Waals surface area contributed by atoms with Crippen molar-refractivity contribution in [1.29, 1.82) is 0 Å². The minimum atomic E-state index is -1.16. The summed E-state index contributed by atoms with van der Waals surface area (Å²) in [5, 5.41) is 13.5. The van der Waals surface area contributed by atoms with Gasteiger partial charge in [-0.15, -0.1) is 0 Å². The van der Waals surface area contributed by atoms with Gasteiger partial charge in [-0.3, -0.25) is 14.4 Å². The van der Waals surface area contributed by atoms with E-state index in [9.17, 15) is 19.5 Å². The normalized spacial score (nSPS) is 16.9. The molecule has 1 heterocycles. The van der Waals surface area contributed by atoms with Gasteiger partial charge in [0.2, 0.25) is 17.7 Å². The molecule has 32 heavy (non-hydrogen) atoms. The van der Waals surface area contributed by atoms with Crippen molar-refractivity contribution in [2.45, 2.75) is 64.1 Å². The smallest absolute Gasteiger partial charge is 0.246 e. The number of piperazine rings is 1. The van der Waals surface area contributed by atoms with E-state index >= 15 is 0 Å². The number of hydrogen-bond donors (Lipinski definition) is 3. The van der Waals surface area contributed by atoms with Gasteiger partial charge in [0.05, 0.1) is 5.60 Å². The van der Waals surface area contributed by atoms with Crippen LogP contribution in [0, 0.1) is 0 Å². The predicted octanol–water partition coefficient (Wildman–Crippen LogP) is 0.115. The summed E-state index contributed by atoms with van der Waals surface area (Å²) in [6.45, 7) is 10.2. The first kappa shape index (κ1) is 28.7. The van der Waals surface area contributed by atoms with Crippen LogP contribution in [0.4, 0.5) is 0 Å². The molecule has 0 radical (unpaired) electrons. The highest BCUT2D eigenvalue weighted by Crippen LogP contribution is 2.19. The molecule has 0 aromatic heterocycles. The first-order valence-corrected chi connectivity index (χ1v) is 12.7. The second-order valence-corrected chi connectivity index (χ2v) is 10.3. The minimum absolute atomic E-state index is 0.0295. The Morgan fingerprint density at radius 3 is 2.31 bits per heavy atom. The fourth-order valence-electron chi connectivity index (χ4n) is 3.72. The van der Waals surface area contributed by atoms with Crippen LogP contribution < -0.4 is 11.1 Å². The molecule has 0 aromatic rings. The molecule has 0 bridgehead atoms. The van der Waals surface area contributed by atoms with E-state index in [1.807, 2.05) is 6.92 Å². The average molecular weight is 474 g/mol. The number of aliphatic hydroxyl groups is 1. The molecule has 1 fully saturated rings. The molecule has 3 amide bonds. The van der Waals surface area contributed by atoms with Gasteiger partial charge in [-0.2, -0.15) is 11.8 Å². The second kappa shape index (κ2) is 14.0. The van der Waals surface area contributed by atoms with Gasteiger partial charge in [-0.05, 0) is 39.0 Å². The summed E-state index contributed by atoms with van der Waals surface area (Å²) in [5.74, 6) is 0.229. The summed E-state index contributed by atoms with van der Waals surface area (Å²) in [4.78, 5) is 43.1. The van der Waals surface area contributed by atoms with Gasteiger partial charge in [-0.25, -0.2) is 0 Å². The Bertz CT molecular complexity index is 608. The molecule has 0 spiro atoms. The predicted molar refractivity (Wildman–Crippen MR) is 129 cm³/mol. The van der Waals surface area contributed by atoms with Crippen molar-refractivity contribution in [2.75, 3.05) is 58.3 Å². The third-order valence-corrected chi connectivity index (χ3v) is 6.82. The van der Waals surface area contributed by atoms with E-state index in [0.29, 0.717) is 18.6 Å². The van der Waals surface area contributed by atoms with Crippen LogP contribution in [0.2, 0.25) is 0 Å². The molecule has 9 nitrogen and oxygen atoms in total. The van der Waals surface area contributed by atoms with Crippen molar-refractivity contribution in [2.24, 2.45) is 5.73 Å². The Kier molecular flexibility index (Phi) is 12.6. The summed E-state index contributed by atoms with van der Waals surface area (Å²) < 4.78 is 0. The Morgan fingerprint density at radius 2 is 1.78 bits per heavy atom. The molecule has 0 unspecified atom stereocenters. The number of rotatable bonds is 14. The van der Waals surface area contributed by atoms with E-state index in [-0.39, 0.29) is 18.2 Å². The number of nitrogens with two attached hydrogens (primary N) is 1. The minimum Gasteiger partial charge on any atom is -0.390 e. The number of likely N-dealkylation sites (N-methyl/N-ethyl adjacent to an activating group) is 2. The van der Waals surface area contributed by atoms with Crippen molar-refractivity contribution in [3.63, 3.8) is 0 Å². The summed E-state index contributed by atoms with van der Waals surface area (Å²) in [7, 11) is 3.16. The van der Waals surface area contributed by atoms with Crippen LogP contribution in [0.3, 0.4) is 0 Å². The van der Waals surface area contributed by atoms with Crippen LogP contribution in [0.15, 0.2) is 0 Å². The van der Waals surface area contributed by atoms with Crippen LogP contribution >= 0.6 is 11.8 Å². The molecule has 1 saturated heterocycles. The Labute approximate surface area is 197 Å². The quantitative estimate of drug-likeness (QED) is 0.307. The molecule has 0 aromatic carbocycles. The van der Waals surface area contributed by atoms with Crippen LogP contribution in [-0.4, -0.2) is 114 Å². The maximum absolute atomic E-state index is 13.4. The van der Waals surface area contributed by atoms with E-state index in [2.05, 4.69) is 10.2 Å². The Balaban J connectivity index is 2.78. The molecule has 4 N–H and O–H groups in total. The number of thioether (sulfide) groups is 1. The summed E-state index contributed by atoms with van der Waals surface area (Å²) in [6.07, 6.45) is 2.10. The SMILES string of the molecule is CCCC(=O)N(C)[C@H](CSCCCN1CCNCC1)C(=O)N(C)[C@@H](CC(C)(C)O)C(N)=O. The van der Waals surface area contributed by atoms with Crippen molar-refractivity contribution in [3.05, 3.63) is 0 Å². The molecule has 186 valence electrons. The van der Waals surface area contributed by atoms with Crippen molar-refractivity contribution >= 4 is 29.5 Å². The summed E-state index contributed by atoms with van der Waals surface area (Å²) >= 11 is 1.64. The van der Waals surface area contributed by atoms with E-state index in [0.717, 1.165) is 44.9 Å². The maximum atomic E-state index is 13.4. The standard InChI is InChI=1S/C22H43N5O4S/c1-6-8-19(28)25(4)18(16-32-14-7-11-27-12-9-24-10-13-27)21(30)26(5)17(20(23)29)15-22(2,3)31/h17-18,24,31H,6-16H2,1-5H3,(H2,23,29)/t17-,18+/m0/s1. The summed E-state index contributed by atoms with van der Waals surface area (Å²) in [5.41, 5.74) is 4.38. The number of carbonyl (C=O) groups excluding carboxylic acids is 3. The zero-order chi connectivity index (χ0) is 24.3. The lowest BCUT2D eigenvalue weighted by Gasteiger charge is -2.35. The number of primary amides is 1. The lowest BCUT2D eigenvalue weighted by Crippen LogP contribution is -2.56. The highest BCUT2D eigenvalue weighted by atomic mass is 32.2. The number of nitrogens with zero attached hydrogens (tertiary/aromatic N) is 3. The Hall–Kier alpha value is -1.36. The van der Waals surface area contributed by atoms with E-state index in [1.165, 1.54) is 16.8 Å². The zero-order valence-electron chi connectivity index (χ0n) is 20.4. The van der Waals surface area contributed by atoms with Gasteiger partial charge in [0, 0.05) is 58.9 Å². The number of hydrogen-bond acceptors (Lipinski definition) is 7. The Morgan fingerprint density at radius 1 is 1.16 bits per heavy atom. The molecule has 1 aliphatic heterocycles. The molecular weight excluding hydrogens is 430 g/mol. The van der Waals surface area contributed by atoms with E-state index in [4.69, 9.17) is 5.73 Å². The molecule has 0 aliphatic carbocycles. The number of amides is 3. The largest absolute Gasteiger partial charge is 0.390 e. The van der Waals surface area contributed by atoms with Gasteiger partial charge in [0.25, 0.3) is 0 Å². The maximum Gasteiger partial charge on any atom is 0.246 e.